The molecule has 1 aromatic carbocycles. The molecule has 0 saturated heterocycles. The standard InChI is InChI=1S/C28H28Cl2N2O5/c29-19-3-1-4-20(30)23(19)24-18(25(37-32-24)17-7-8-17)15-36-28-12-9-27(10-13-28,11-14-28)16-35-22-6-2-5-21(31-22)26(33)34/h1-6,17H,7-16H2,(H,33,34). The summed E-state index contributed by atoms with van der Waals surface area (Å²) in [6, 6.07) is 10.3. The summed E-state index contributed by atoms with van der Waals surface area (Å²) in [5.41, 5.74) is 2.22. The molecule has 2 bridgehead atoms. The topological polar surface area (TPSA) is 94.7 Å². The van der Waals surface area contributed by atoms with E-state index >= 15 is 0 Å². The summed E-state index contributed by atoms with van der Waals surface area (Å²) in [7, 11) is 0. The highest BCUT2D eigenvalue weighted by Crippen LogP contribution is 2.55. The molecule has 4 aliphatic rings. The SMILES string of the molecule is O=C(O)c1cccc(OCC23CCC(OCc4c(-c5c(Cl)cccc5Cl)noc4C4CC4)(CC2)CC3)n1. The van der Waals surface area contributed by atoms with Gasteiger partial charge in [-0.3, -0.25) is 0 Å². The first kappa shape index (κ1) is 24.7. The number of ether oxygens (including phenoxy) is 2. The number of rotatable bonds is 9. The molecule has 7 nitrogen and oxygen atoms in total. The molecule has 0 spiro atoms. The van der Waals surface area contributed by atoms with Crippen molar-refractivity contribution in [3.05, 3.63) is 63.5 Å². The fraction of sp³-hybridized carbons (Fsp3) is 0.464. The second-order valence-corrected chi connectivity index (χ2v) is 11.5. The molecular formula is C28H28Cl2N2O5. The van der Waals surface area contributed by atoms with Crippen LogP contribution in [0.5, 0.6) is 5.88 Å². The van der Waals surface area contributed by atoms with Gasteiger partial charge in [0, 0.05) is 28.5 Å². The van der Waals surface area contributed by atoms with Gasteiger partial charge in [0.2, 0.25) is 5.88 Å². The molecule has 9 heteroatoms. The monoisotopic (exact) mass is 542 g/mol. The molecule has 37 heavy (non-hydrogen) atoms. The lowest BCUT2D eigenvalue weighted by atomic mass is 9.59. The van der Waals surface area contributed by atoms with Crippen LogP contribution in [0.3, 0.4) is 0 Å². The van der Waals surface area contributed by atoms with E-state index in [1.807, 2.05) is 18.2 Å². The van der Waals surface area contributed by atoms with E-state index in [4.69, 9.17) is 37.2 Å². The van der Waals surface area contributed by atoms with E-state index in [1.165, 1.54) is 6.07 Å². The number of nitrogens with zero attached hydrogens (tertiary/aromatic N) is 2. The van der Waals surface area contributed by atoms with Crippen LogP contribution in [0.2, 0.25) is 10.0 Å². The van der Waals surface area contributed by atoms with E-state index in [0.717, 1.165) is 62.7 Å². The van der Waals surface area contributed by atoms with Crippen LogP contribution in [-0.4, -0.2) is 33.4 Å². The largest absolute Gasteiger partial charge is 0.477 e. The van der Waals surface area contributed by atoms with Gasteiger partial charge in [0.25, 0.3) is 0 Å². The highest BCUT2D eigenvalue weighted by atomic mass is 35.5. The van der Waals surface area contributed by atoms with E-state index in [-0.39, 0.29) is 16.7 Å². The van der Waals surface area contributed by atoms with Gasteiger partial charge < -0.3 is 19.1 Å². The Hall–Kier alpha value is -2.61. The summed E-state index contributed by atoms with van der Waals surface area (Å²) in [6.07, 6.45) is 8.02. The molecule has 0 atom stereocenters. The number of halogens is 2. The average Bonchev–Trinajstić information content (AvgIpc) is 3.68. The molecule has 4 aliphatic carbocycles. The van der Waals surface area contributed by atoms with Crippen LogP contribution in [-0.2, 0) is 11.3 Å². The second-order valence-electron chi connectivity index (χ2n) is 10.7. The molecule has 2 heterocycles. The second kappa shape index (κ2) is 9.61. The lowest BCUT2D eigenvalue weighted by Gasteiger charge is -2.52. The Morgan fingerprint density at radius 2 is 1.70 bits per heavy atom. The van der Waals surface area contributed by atoms with Crippen LogP contribution in [0.4, 0.5) is 0 Å². The Labute approximate surface area is 225 Å². The number of fused-ring (bicyclic) bond motifs is 3. The number of benzene rings is 1. The third kappa shape index (κ3) is 4.85. The average molecular weight is 543 g/mol. The molecule has 4 fully saturated rings. The van der Waals surface area contributed by atoms with Crippen molar-refractivity contribution < 1.29 is 23.9 Å². The van der Waals surface area contributed by atoms with E-state index in [2.05, 4.69) is 10.1 Å². The zero-order valence-corrected chi connectivity index (χ0v) is 21.9. The number of carboxylic acids is 1. The van der Waals surface area contributed by atoms with Crippen LogP contribution in [0.15, 0.2) is 40.9 Å². The van der Waals surface area contributed by atoms with Gasteiger partial charge in [-0.25, -0.2) is 9.78 Å². The summed E-state index contributed by atoms with van der Waals surface area (Å²) >= 11 is 13.0. The number of pyridine rings is 1. The summed E-state index contributed by atoms with van der Waals surface area (Å²) in [4.78, 5) is 15.3. The maximum absolute atomic E-state index is 11.2. The van der Waals surface area contributed by atoms with Crippen molar-refractivity contribution in [1.29, 1.82) is 0 Å². The number of hydrogen-bond acceptors (Lipinski definition) is 6. The first-order valence-electron chi connectivity index (χ1n) is 12.8. The Morgan fingerprint density at radius 1 is 1.03 bits per heavy atom. The molecular weight excluding hydrogens is 515 g/mol. The van der Waals surface area contributed by atoms with E-state index in [1.54, 1.807) is 12.1 Å². The minimum atomic E-state index is -1.06. The number of carboxylic acid groups (broad SMARTS) is 1. The molecule has 3 aromatic rings. The van der Waals surface area contributed by atoms with Gasteiger partial charge in [0.05, 0.1) is 28.9 Å². The van der Waals surface area contributed by atoms with Crippen LogP contribution >= 0.6 is 23.2 Å². The number of aromatic nitrogens is 2. The van der Waals surface area contributed by atoms with Crippen molar-refractivity contribution in [3.63, 3.8) is 0 Å². The maximum atomic E-state index is 11.2. The van der Waals surface area contributed by atoms with Crippen molar-refractivity contribution in [2.75, 3.05) is 6.61 Å². The molecule has 7 rings (SSSR count). The fourth-order valence-corrected chi connectivity index (χ4v) is 6.35. The van der Waals surface area contributed by atoms with Gasteiger partial charge in [0.15, 0.2) is 5.69 Å². The van der Waals surface area contributed by atoms with Crippen LogP contribution < -0.4 is 4.74 Å². The highest BCUT2D eigenvalue weighted by molar-refractivity contribution is 6.39. The summed E-state index contributed by atoms with van der Waals surface area (Å²) in [5, 5.41) is 14.7. The molecule has 0 unspecified atom stereocenters. The summed E-state index contributed by atoms with van der Waals surface area (Å²) in [6.45, 7) is 0.952. The number of carbonyl (C=O) groups is 1. The van der Waals surface area contributed by atoms with Gasteiger partial charge in [-0.2, -0.15) is 0 Å². The lowest BCUT2D eigenvalue weighted by molar-refractivity contribution is -0.150. The molecule has 1 N–H and O–H groups in total. The molecule has 194 valence electrons. The van der Waals surface area contributed by atoms with Gasteiger partial charge in [0.1, 0.15) is 11.5 Å². The maximum Gasteiger partial charge on any atom is 0.354 e. The van der Waals surface area contributed by atoms with Gasteiger partial charge in [-0.15, -0.1) is 0 Å². The minimum Gasteiger partial charge on any atom is -0.477 e. The third-order valence-electron chi connectivity index (χ3n) is 8.29. The molecule has 0 radical (unpaired) electrons. The van der Waals surface area contributed by atoms with E-state index < -0.39 is 5.97 Å². The first-order chi connectivity index (χ1) is 17.9. The predicted octanol–water partition coefficient (Wildman–Crippen LogP) is 7.31. The predicted molar refractivity (Wildman–Crippen MR) is 138 cm³/mol. The van der Waals surface area contributed by atoms with Crippen molar-refractivity contribution in [3.8, 4) is 17.1 Å². The Balaban J connectivity index is 1.14. The molecule has 4 saturated carbocycles. The Kier molecular flexibility index (Phi) is 6.42. The van der Waals surface area contributed by atoms with Gasteiger partial charge in [-0.05, 0) is 69.6 Å². The fourth-order valence-electron chi connectivity index (χ4n) is 5.78. The first-order valence-corrected chi connectivity index (χ1v) is 13.5. The minimum absolute atomic E-state index is 0.00791. The highest BCUT2D eigenvalue weighted by Gasteiger charge is 2.50. The normalized spacial score (nSPS) is 24.8. The molecule has 2 aromatic heterocycles. The van der Waals surface area contributed by atoms with Gasteiger partial charge >= 0.3 is 5.97 Å². The zero-order valence-electron chi connectivity index (χ0n) is 20.3. The smallest absolute Gasteiger partial charge is 0.354 e. The van der Waals surface area contributed by atoms with Crippen molar-refractivity contribution in [2.24, 2.45) is 5.41 Å². The molecule has 0 amide bonds. The van der Waals surface area contributed by atoms with E-state index in [9.17, 15) is 9.90 Å². The van der Waals surface area contributed by atoms with Gasteiger partial charge in [-0.1, -0.05) is 40.5 Å². The lowest BCUT2D eigenvalue weighted by Crippen LogP contribution is -2.49. The quantitative estimate of drug-likeness (QED) is 0.302. The van der Waals surface area contributed by atoms with Crippen LogP contribution in [0.1, 0.15) is 79.1 Å². The van der Waals surface area contributed by atoms with Crippen molar-refractivity contribution >= 4 is 29.2 Å². The summed E-state index contributed by atoms with van der Waals surface area (Å²) in [5.74, 6) is 0.583. The molecule has 0 aliphatic heterocycles. The Morgan fingerprint density at radius 3 is 2.35 bits per heavy atom. The van der Waals surface area contributed by atoms with Crippen LogP contribution in [0.25, 0.3) is 11.3 Å². The van der Waals surface area contributed by atoms with Crippen LogP contribution in [0, 0.1) is 5.41 Å². The summed E-state index contributed by atoms with van der Waals surface area (Å²) < 4.78 is 18.5. The third-order valence-corrected chi connectivity index (χ3v) is 8.92. The number of hydrogen-bond donors (Lipinski definition) is 1. The van der Waals surface area contributed by atoms with Crippen molar-refractivity contribution in [1.82, 2.24) is 10.1 Å². The van der Waals surface area contributed by atoms with Crippen molar-refractivity contribution in [2.45, 2.75) is 69.5 Å². The number of aromatic carboxylic acids is 1. The van der Waals surface area contributed by atoms with E-state index in [0.29, 0.717) is 46.3 Å². The zero-order chi connectivity index (χ0) is 25.6. The Bertz CT molecular complexity index is 1290.